The maximum Gasteiger partial charge on any atom is 0.129 e. The molecule has 0 fully saturated rings. The van der Waals surface area contributed by atoms with E-state index in [9.17, 15) is 0 Å². The quantitative estimate of drug-likeness (QED) is 0.112. The van der Waals surface area contributed by atoms with E-state index in [1.54, 1.807) is 0 Å². The van der Waals surface area contributed by atoms with Crippen molar-refractivity contribution >= 4 is 0 Å². The van der Waals surface area contributed by atoms with E-state index in [0.717, 1.165) is 64.5 Å². The van der Waals surface area contributed by atoms with Gasteiger partial charge in [0.15, 0.2) is 0 Å². The molecule has 256 valence electrons. The van der Waals surface area contributed by atoms with Crippen molar-refractivity contribution in [1.29, 1.82) is 0 Å². The van der Waals surface area contributed by atoms with Crippen LogP contribution in [0, 0.1) is 55.4 Å². The molecule has 0 aliphatic carbocycles. The number of benzene rings is 4. The van der Waals surface area contributed by atoms with Crippen molar-refractivity contribution in [2.45, 2.75) is 86.5 Å². The lowest BCUT2D eigenvalue weighted by molar-refractivity contribution is 0.477. The molecular formula is C45H52O4. The molecule has 0 unspecified atom stereocenters. The third-order valence-electron chi connectivity index (χ3n) is 9.58. The lowest BCUT2D eigenvalue weighted by Gasteiger charge is -2.27. The first-order valence-electron chi connectivity index (χ1n) is 17.0. The van der Waals surface area contributed by atoms with Gasteiger partial charge >= 0.3 is 0 Å². The van der Waals surface area contributed by atoms with E-state index < -0.39 is 0 Å². The van der Waals surface area contributed by atoms with Crippen LogP contribution in [-0.2, 0) is 0 Å². The van der Waals surface area contributed by atoms with E-state index in [2.05, 4.69) is 130 Å². The summed E-state index contributed by atoms with van der Waals surface area (Å²) in [4.78, 5) is 0. The average Bonchev–Trinajstić information content (AvgIpc) is 3.05. The first-order chi connectivity index (χ1) is 23.4. The van der Waals surface area contributed by atoms with Gasteiger partial charge in [-0.25, -0.2) is 0 Å². The zero-order chi connectivity index (χ0) is 35.8. The van der Waals surface area contributed by atoms with E-state index in [1.165, 1.54) is 69.6 Å². The van der Waals surface area contributed by atoms with Crippen molar-refractivity contribution in [3.63, 3.8) is 0 Å². The Hall–Kier alpha value is -4.96. The number of ether oxygens (including phenoxy) is 4. The van der Waals surface area contributed by atoms with Crippen LogP contribution in [0.4, 0.5) is 0 Å². The molecule has 0 saturated heterocycles. The molecule has 0 aliphatic heterocycles. The fraction of sp³-hybridized carbons (Fsp3) is 0.289. The average molecular weight is 657 g/mol. The number of hydrogen-bond donors (Lipinski definition) is 0. The molecule has 0 saturated carbocycles. The van der Waals surface area contributed by atoms with Gasteiger partial charge in [0.2, 0.25) is 0 Å². The topological polar surface area (TPSA) is 36.9 Å². The second kappa shape index (κ2) is 16.4. The second-order valence-corrected chi connectivity index (χ2v) is 13.1. The van der Waals surface area contributed by atoms with E-state index in [1.807, 2.05) is 0 Å². The van der Waals surface area contributed by atoms with Crippen LogP contribution in [0.1, 0.15) is 97.9 Å². The molecule has 0 N–H and O–H groups in total. The molecule has 4 rings (SSSR count). The minimum atomic E-state index is 0.172. The SMILES string of the molecule is C=COc1cc(C)c(C(CCCC(c2cc(C)c(OC=C)cc2C)c2cc(C)c(OC=C)cc2C)c2cc(C)c(OC=C)cc2C)cc1C. The van der Waals surface area contributed by atoms with Gasteiger partial charge in [-0.05, 0) is 159 Å². The molecule has 0 heterocycles. The Morgan fingerprint density at radius 1 is 0.388 bits per heavy atom. The van der Waals surface area contributed by atoms with Crippen LogP contribution in [0.15, 0.2) is 99.9 Å². The molecule has 0 bridgehead atoms. The summed E-state index contributed by atoms with van der Waals surface area (Å²) < 4.78 is 23.0. The molecule has 0 aliphatic rings. The van der Waals surface area contributed by atoms with Gasteiger partial charge in [-0.2, -0.15) is 0 Å². The molecule has 0 spiro atoms. The predicted molar refractivity (Wildman–Crippen MR) is 205 cm³/mol. The third-order valence-corrected chi connectivity index (χ3v) is 9.58. The highest BCUT2D eigenvalue weighted by Crippen LogP contribution is 2.42. The fourth-order valence-electron chi connectivity index (χ4n) is 7.10. The summed E-state index contributed by atoms with van der Waals surface area (Å²) in [5.74, 6) is 3.69. The van der Waals surface area contributed by atoms with Crippen molar-refractivity contribution in [3.05, 3.63) is 167 Å². The van der Waals surface area contributed by atoms with E-state index in [0.29, 0.717) is 0 Å². The Labute approximate surface area is 294 Å². The summed E-state index contributed by atoms with van der Waals surface area (Å²) in [6.07, 6.45) is 8.89. The molecule has 0 aromatic heterocycles. The van der Waals surface area contributed by atoms with Crippen LogP contribution in [0.2, 0.25) is 0 Å². The number of rotatable bonds is 16. The highest BCUT2D eigenvalue weighted by Gasteiger charge is 2.25. The monoisotopic (exact) mass is 656 g/mol. The Bertz CT molecular complexity index is 1600. The highest BCUT2D eigenvalue weighted by molar-refractivity contribution is 5.52. The van der Waals surface area contributed by atoms with Crippen molar-refractivity contribution in [3.8, 4) is 23.0 Å². The van der Waals surface area contributed by atoms with Crippen molar-refractivity contribution < 1.29 is 18.9 Å². The van der Waals surface area contributed by atoms with E-state index >= 15 is 0 Å². The van der Waals surface area contributed by atoms with Gasteiger partial charge in [-0.15, -0.1) is 0 Å². The Morgan fingerprint density at radius 3 is 0.816 bits per heavy atom. The summed E-state index contributed by atoms with van der Waals surface area (Å²) in [5.41, 5.74) is 14.4. The molecule has 0 radical (unpaired) electrons. The van der Waals surface area contributed by atoms with E-state index in [4.69, 9.17) is 18.9 Å². The summed E-state index contributed by atoms with van der Waals surface area (Å²) in [6, 6.07) is 17.7. The van der Waals surface area contributed by atoms with Gasteiger partial charge in [0, 0.05) is 11.8 Å². The van der Waals surface area contributed by atoms with Gasteiger partial charge in [0.25, 0.3) is 0 Å². The summed E-state index contributed by atoms with van der Waals surface area (Å²) >= 11 is 0. The molecule has 4 nitrogen and oxygen atoms in total. The van der Waals surface area contributed by atoms with Crippen LogP contribution in [0.25, 0.3) is 0 Å². The first kappa shape index (κ1) is 36.9. The highest BCUT2D eigenvalue weighted by atomic mass is 16.5. The van der Waals surface area contributed by atoms with E-state index in [-0.39, 0.29) is 11.8 Å². The predicted octanol–water partition coefficient (Wildman–Crippen LogP) is 12.4. The van der Waals surface area contributed by atoms with Gasteiger partial charge in [-0.3, -0.25) is 0 Å². The number of hydrogen-bond acceptors (Lipinski definition) is 4. The minimum Gasteiger partial charge on any atom is -0.465 e. The van der Waals surface area contributed by atoms with Crippen molar-refractivity contribution in [1.82, 2.24) is 0 Å². The fourth-order valence-corrected chi connectivity index (χ4v) is 7.10. The summed E-state index contributed by atoms with van der Waals surface area (Å²) in [6.45, 7) is 32.2. The smallest absolute Gasteiger partial charge is 0.129 e. The zero-order valence-electron chi connectivity index (χ0n) is 30.7. The number of aryl methyl sites for hydroxylation is 8. The molecular weight excluding hydrogens is 604 g/mol. The molecule has 49 heavy (non-hydrogen) atoms. The second-order valence-electron chi connectivity index (χ2n) is 13.1. The Morgan fingerprint density at radius 2 is 0.612 bits per heavy atom. The molecule has 0 amide bonds. The van der Waals surface area contributed by atoms with Crippen molar-refractivity contribution in [2.75, 3.05) is 0 Å². The third kappa shape index (κ3) is 8.37. The molecule has 4 heteroatoms. The zero-order valence-corrected chi connectivity index (χ0v) is 30.7. The standard InChI is InChI=1S/C45H52O4/c1-13-46-42-24-28(5)38(20-32(42)9)36(39-21-33(10)43(47-14-2)25-29(39)6)18-17-19-37(40-22-34(11)44(48-15-3)26-30(40)7)41-23-35(12)45(49-16-4)27-31(41)8/h13-16,20-27,36-37H,1-4,17-19H2,5-12H3. The minimum absolute atomic E-state index is 0.172. The lowest BCUT2D eigenvalue weighted by Crippen LogP contribution is -2.11. The summed E-state index contributed by atoms with van der Waals surface area (Å²) in [7, 11) is 0. The van der Waals surface area contributed by atoms with Crippen molar-refractivity contribution in [2.24, 2.45) is 0 Å². The van der Waals surface area contributed by atoms with Gasteiger partial charge < -0.3 is 18.9 Å². The first-order valence-corrected chi connectivity index (χ1v) is 17.0. The van der Waals surface area contributed by atoms with Crippen LogP contribution in [-0.4, -0.2) is 0 Å². The van der Waals surface area contributed by atoms with Crippen LogP contribution in [0.5, 0.6) is 23.0 Å². The van der Waals surface area contributed by atoms with Gasteiger partial charge in [0.1, 0.15) is 23.0 Å². The van der Waals surface area contributed by atoms with Gasteiger partial charge in [-0.1, -0.05) is 57.0 Å². The molecule has 4 aromatic rings. The van der Waals surface area contributed by atoms with Crippen LogP contribution >= 0.6 is 0 Å². The molecule has 0 atom stereocenters. The largest absolute Gasteiger partial charge is 0.465 e. The normalized spacial score (nSPS) is 11.0. The van der Waals surface area contributed by atoms with Crippen LogP contribution < -0.4 is 18.9 Å². The molecule has 4 aromatic carbocycles. The van der Waals surface area contributed by atoms with Gasteiger partial charge in [0.05, 0.1) is 25.0 Å². The maximum absolute atomic E-state index is 5.75. The lowest BCUT2D eigenvalue weighted by atomic mass is 9.78. The maximum atomic E-state index is 5.75. The van der Waals surface area contributed by atoms with Crippen LogP contribution in [0.3, 0.4) is 0 Å². The Kier molecular flexibility index (Phi) is 12.4. The summed E-state index contributed by atoms with van der Waals surface area (Å²) in [5, 5.41) is 0. The Balaban J connectivity index is 1.81.